The molecule has 0 aromatic heterocycles. The third kappa shape index (κ3) is 3.70. The first-order valence-electron chi connectivity index (χ1n) is 9.29. The van der Waals surface area contributed by atoms with Crippen LogP contribution in [-0.4, -0.2) is 61.4 Å². The fraction of sp³-hybridized carbons (Fsp3) is 0.526. The predicted molar refractivity (Wildman–Crippen MR) is 96.3 cm³/mol. The highest BCUT2D eigenvalue weighted by molar-refractivity contribution is 5.95. The van der Waals surface area contributed by atoms with Crippen LogP contribution in [0.1, 0.15) is 19.3 Å². The van der Waals surface area contributed by atoms with E-state index >= 15 is 0 Å². The van der Waals surface area contributed by atoms with E-state index in [2.05, 4.69) is 5.32 Å². The first-order valence-corrected chi connectivity index (χ1v) is 9.29. The molecule has 3 fully saturated rings. The fourth-order valence-electron chi connectivity index (χ4n) is 3.91. The number of likely N-dealkylation sites (tertiary alicyclic amines) is 1. The Hall–Kier alpha value is -2.77. The summed E-state index contributed by atoms with van der Waals surface area (Å²) in [6, 6.07) is 9.44. The lowest BCUT2D eigenvalue weighted by Crippen LogP contribution is -2.51. The van der Waals surface area contributed by atoms with Crippen molar-refractivity contribution in [2.75, 3.05) is 37.7 Å². The predicted octanol–water partition coefficient (Wildman–Crippen LogP) is 1.75. The molecule has 1 unspecified atom stereocenters. The first kappa shape index (κ1) is 17.6. The van der Waals surface area contributed by atoms with E-state index in [4.69, 9.17) is 9.47 Å². The number of anilines is 1. The number of nitrogens with zero attached hydrogens (tertiary/aromatic N) is 2. The van der Waals surface area contributed by atoms with Gasteiger partial charge in [0.25, 0.3) is 0 Å². The molecular formula is C19H23N3O5. The van der Waals surface area contributed by atoms with Crippen LogP contribution in [0.15, 0.2) is 30.3 Å². The molecule has 27 heavy (non-hydrogen) atoms. The number of carbonyl (C=O) groups is 3. The van der Waals surface area contributed by atoms with E-state index in [0.29, 0.717) is 45.4 Å². The SMILES string of the molecule is O=C1OCC2(CCN(C(=O)NCC3CC(=O)N(c4ccccc4)C3)CC2)O1. The third-order valence-corrected chi connectivity index (χ3v) is 5.53. The highest BCUT2D eigenvalue weighted by atomic mass is 16.8. The second kappa shape index (κ2) is 7.09. The third-order valence-electron chi connectivity index (χ3n) is 5.53. The van der Waals surface area contributed by atoms with Gasteiger partial charge >= 0.3 is 12.2 Å². The second-order valence-corrected chi connectivity index (χ2v) is 7.41. The molecule has 1 aromatic carbocycles. The number of cyclic esters (lactones) is 1. The number of carbonyl (C=O) groups excluding carboxylic acids is 3. The van der Waals surface area contributed by atoms with Crippen molar-refractivity contribution in [2.24, 2.45) is 5.92 Å². The van der Waals surface area contributed by atoms with E-state index in [1.807, 2.05) is 30.3 Å². The average molecular weight is 373 g/mol. The summed E-state index contributed by atoms with van der Waals surface area (Å²) < 4.78 is 10.2. The molecule has 1 N–H and O–H groups in total. The fourth-order valence-corrected chi connectivity index (χ4v) is 3.91. The van der Waals surface area contributed by atoms with Crippen LogP contribution in [-0.2, 0) is 14.3 Å². The summed E-state index contributed by atoms with van der Waals surface area (Å²) in [7, 11) is 0. The van der Waals surface area contributed by atoms with Crippen LogP contribution < -0.4 is 10.2 Å². The van der Waals surface area contributed by atoms with E-state index in [0.717, 1.165) is 5.69 Å². The van der Waals surface area contributed by atoms with E-state index < -0.39 is 11.8 Å². The lowest BCUT2D eigenvalue weighted by Gasteiger charge is -2.36. The molecular weight excluding hydrogens is 350 g/mol. The van der Waals surface area contributed by atoms with Gasteiger partial charge in [-0.25, -0.2) is 9.59 Å². The summed E-state index contributed by atoms with van der Waals surface area (Å²) in [4.78, 5) is 39.4. The van der Waals surface area contributed by atoms with Crippen molar-refractivity contribution in [3.8, 4) is 0 Å². The zero-order valence-corrected chi connectivity index (χ0v) is 15.1. The number of urea groups is 1. The van der Waals surface area contributed by atoms with Crippen molar-refractivity contribution < 1.29 is 23.9 Å². The molecule has 144 valence electrons. The van der Waals surface area contributed by atoms with Crippen molar-refractivity contribution in [1.29, 1.82) is 0 Å². The van der Waals surface area contributed by atoms with Crippen LogP contribution in [0.5, 0.6) is 0 Å². The lowest BCUT2D eigenvalue weighted by molar-refractivity contribution is -0.117. The van der Waals surface area contributed by atoms with E-state index in [1.165, 1.54) is 0 Å². The van der Waals surface area contributed by atoms with Gasteiger partial charge in [-0.1, -0.05) is 18.2 Å². The van der Waals surface area contributed by atoms with Crippen LogP contribution in [0.2, 0.25) is 0 Å². The van der Waals surface area contributed by atoms with Crippen LogP contribution >= 0.6 is 0 Å². The van der Waals surface area contributed by atoms with E-state index in [-0.39, 0.29) is 24.5 Å². The largest absolute Gasteiger partial charge is 0.509 e. The molecule has 0 aliphatic carbocycles. The Morgan fingerprint density at radius 2 is 1.93 bits per heavy atom. The number of benzene rings is 1. The lowest BCUT2D eigenvalue weighted by atomic mass is 9.92. The molecule has 3 aliphatic rings. The summed E-state index contributed by atoms with van der Waals surface area (Å²) in [6.07, 6.45) is 0.971. The standard InChI is InChI=1S/C19H23N3O5/c23-16-10-14(12-22(16)15-4-2-1-3-5-15)11-20-17(24)21-8-6-19(7-9-21)13-26-18(25)27-19/h1-5,14H,6-13H2,(H,20,24). The summed E-state index contributed by atoms with van der Waals surface area (Å²) in [5.41, 5.74) is 0.327. The number of rotatable bonds is 3. The zero-order chi connectivity index (χ0) is 18.9. The van der Waals surface area contributed by atoms with Crippen molar-refractivity contribution in [3.63, 3.8) is 0 Å². The molecule has 0 radical (unpaired) electrons. The Morgan fingerprint density at radius 3 is 2.59 bits per heavy atom. The van der Waals surface area contributed by atoms with E-state index in [9.17, 15) is 14.4 Å². The van der Waals surface area contributed by atoms with Gasteiger partial charge in [0.05, 0.1) is 0 Å². The molecule has 1 aromatic rings. The second-order valence-electron chi connectivity index (χ2n) is 7.41. The Bertz CT molecular complexity index is 730. The highest BCUT2D eigenvalue weighted by Crippen LogP contribution is 2.31. The summed E-state index contributed by atoms with van der Waals surface area (Å²) in [5.74, 6) is 0.186. The van der Waals surface area contributed by atoms with Gasteiger partial charge in [-0.15, -0.1) is 0 Å². The molecule has 3 aliphatic heterocycles. The smallest absolute Gasteiger partial charge is 0.430 e. The molecule has 0 saturated carbocycles. The molecule has 3 amide bonds. The number of para-hydroxylation sites is 1. The van der Waals surface area contributed by atoms with Gasteiger partial charge in [0.15, 0.2) is 5.60 Å². The topological polar surface area (TPSA) is 88.2 Å². The minimum Gasteiger partial charge on any atom is -0.430 e. The number of hydrogen-bond acceptors (Lipinski definition) is 5. The molecule has 1 spiro atoms. The normalized spacial score (nSPS) is 24.1. The maximum Gasteiger partial charge on any atom is 0.509 e. The minimum atomic E-state index is -0.623. The summed E-state index contributed by atoms with van der Waals surface area (Å²) in [5, 5.41) is 2.94. The van der Waals surface area contributed by atoms with Crippen molar-refractivity contribution in [1.82, 2.24) is 10.2 Å². The maximum absolute atomic E-state index is 12.4. The number of piperidine rings is 1. The van der Waals surface area contributed by atoms with E-state index in [1.54, 1.807) is 9.80 Å². The monoisotopic (exact) mass is 373 g/mol. The molecule has 1 atom stereocenters. The molecule has 8 heteroatoms. The maximum atomic E-state index is 12.4. The van der Waals surface area contributed by atoms with Crippen molar-refractivity contribution in [3.05, 3.63) is 30.3 Å². The van der Waals surface area contributed by atoms with Crippen LogP contribution in [0.3, 0.4) is 0 Å². The summed E-state index contributed by atoms with van der Waals surface area (Å²) in [6.45, 7) is 2.37. The number of ether oxygens (including phenoxy) is 2. The number of amides is 3. The minimum absolute atomic E-state index is 0.0865. The Balaban J connectivity index is 1.24. The van der Waals surface area contributed by atoms with Gasteiger partial charge in [-0.3, -0.25) is 4.79 Å². The van der Waals surface area contributed by atoms with Crippen molar-refractivity contribution in [2.45, 2.75) is 24.9 Å². The molecule has 3 saturated heterocycles. The van der Waals surface area contributed by atoms with Gasteiger partial charge < -0.3 is 24.6 Å². The Labute approximate surface area is 157 Å². The van der Waals surface area contributed by atoms with Gasteiger partial charge in [0.2, 0.25) is 5.91 Å². The zero-order valence-electron chi connectivity index (χ0n) is 15.1. The first-order chi connectivity index (χ1) is 13.0. The van der Waals surface area contributed by atoms with Gasteiger partial charge in [-0.2, -0.15) is 0 Å². The molecule has 4 rings (SSSR count). The van der Waals surface area contributed by atoms with Crippen molar-refractivity contribution >= 4 is 23.8 Å². The van der Waals surface area contributed by atoms with Gasteiger partial charge in [-0.05, 0) is 12.1 Å². The van der Waals surface area contributed by atoms with Gasteiger partial charge in [0.1, 0.15) is 6.61 Å². The van der Waals surface area contributed by atoms with Crippen LogP contribution in [0.25, 0.3) is 0 Å². The average Bonchev–Trinajstić information content (AvgIpc) is 3.23. The van der Waals surface area contributed by atoms with Crippen LogP contribution in [0, 0.1) is 5.92 Å². The van der Waals surface area contributed by atoms with Gasteiger partial charge in [0, 0.05) is 57.0 Å². The Kier molecular flexibility index (Phi) is 4.63. The number of hydrogen-bond donors (Lipinski definition) is 1. The number of nitrogens with one attached hydrogen (secondary N) is 1. The molecule has 3 heterocycles. The quantitative estimate of drug-likeness (QED) is 0.816. The summed E-state index contributed by atoms with van der Waals surface area (Å²) >= 11 is 0. The van der Waals surface area contributed by atoms with Crippen LogP contribution in [0.4, 0.5) is 15.3 Å². The molecule has 8 nitrogen and oxygen atoms in total. The highest BCUT2D eigenvalue weighted by Gasteiger charge is 2.45. The molecule has 0 bridgehead atoms. The Morgan fingerprint density at radius 1 is 1.19 bits per heavy atom.